The van der Waals surface area contributed by atoms with Crippen molar-refractivity contribution in [2.24, 2.45) is 17.3 Å². The lowest BCUT2D eigenvalue weighted by molar-refractivity contribution is -0.151. The first-order chi connectivity index (χ1) is 15.1. The molecule has 0 aromatic heterocycles. The molecule has 7 nitrogen and oxygen atoms in total. The van der Waals surface area contributed by atoms with Gasteiger partial charge in [-0.15, -0.1) is 0 Å². The van der Waals surface area contributed by atoms with Gasteiger partial charge in [0.15, 0.2) is 0 Å². The van der Waals surface area contributed by atoms with Crippen LogP contribution in [0.15, 0.2) is 23.3 Å². The Balaban J connectivity index is 2.20. The van der Waals surface area contributed by atoms with Crippen LogP contribution in [0.5, 0.6) is 0 Å². The van der Waals surface area contributed by atoms with E-state index in [9.17, 15) is 24.9 Å². The number of carboxylic acid groups (broad SMARTS) is 1. The van der Waals surface area contributed by atoms with Crippen molar-refractivity contribution in [2.45, 2.75) is 103 Å². The molecule has 0 amide bonds. The van der Waals surface area contributed by atoms with E-state index in [0.717, 1.165) is 37.7 Å². The molecule has 1 fully saturated rings. The predicted molar refractivity (Wildman–Crippen MR) is 125 cm³/mol. The van der Waals surface area contributed by atoms with Gasteiger partial charge in [0.1, 0.15) is 6.61 Å². The number of aliphatic hydroxyl groups excluding tert-OH is 1. The second kappa shape index (κ2) is 10.7. The molecule has 33 heavy (non-hydrogen) atoms. The molecule has 2 rings (SSSR count). The molecule has 0 aromatic carbocycles. The molecular formula is C26H42O7. The number of carboxylic acids is 1. The summed E-state index contributed by atoms with van der Waals surface area (Å²) in [5, 5.41) is 41.1. The Hall–Kier alpha value is -1.70. The van der Waals surface area contributed by atoms with Crippen LogP contribution >= 0.6 is 0 Å². The number of ether oxygens (including phenoxy) is 1. The molecule has 5 unspecified atom stereocenters. The largest absolute Gasteiger partial charge is 0.481 e. The molecule has 5 atom stereocenters. The Bertz CT molecular complexity index is 774. The van der Waals surface area contributed by atoms with Crippen LogP contribution < -0.4 is 0 Å². The average Bonchev–Trinajstić information content (AvgIpc) is 2.99. The lowest BCUT2D eigenvalue weighted by atomic mass is 9.67. The number of carbonyl (C=O) groups is 2. The van der Waals surface area contributed by atoms with E-state index in [2.05, 4.69) is 19.9 Å². The van der Waals surface area contributed by atoms with Gasteiger partial charge in [0.05, 0.1) is 30.1 Å². The summed E-state index contributed by atoms with van der Waals surface area (Å²) in [6.45, 7) is 9.18. The second-order valence-electron chi connectivity index (χ2n) is 11.2. The van der Waals surface area contributed by atoms with Gasteiger partial charge < -0.3 is 25.2 Å². The van der Waals surface area contributed by atoms with Crippen LogP contribution in [0.2, 0.25) is 0 Å². The highest BCUT2D eigenvalue weighted by atomic mass is 16.5. The highest BCUT2D eigenvalue weighted by Gasteiger charge is 2.52. The maximum Gasteiger partial charge on any atom is 0.309 e. The fourth-order valence-electron chi connectivity index (χ4n) is 5.59. The Kier molecular flexibility index (Phi) is 8.93. The Morgan fingerprint density at radius 2 is 1.82 bits per heavy atom. The Morgan fingerprint density at radius 1 is 1.15 bits per heavy atom. The molecule has 0 spiro atoms. The average molecular weight is 467 g/mol. The van der Waals surface area contributed by atoms with Crippen molar-refractivity contribution in [1.29, 1.82) is 0 Å². The van der Waals surface area contributed by atoms with Crippen LogP contribution in [0.1, 0.15) is 86.0 Å². The van der Waals surface area contributed by atoms with Crippen molar-refractivity contribution in [3.63, 3.8) is 0 Å². The van der Waals surface area contributed by atoms with Crippen LogP contribution in [0.3, 0.4) is 0 Å². The van der Waals surface area contributed by atoms with Gasteiger partial charge in [0, 0.05) is 5.41 Å². The Morgan fingerprint density at radius 3 is 2.42 bits per heavy atom. The van der Waals surface area contributed by atoms with Gasteiger partial charge in [0.25, 0.3) is 0 Å². The third-order valence-corrected chi connectivity index (χ3v) is 7.59. The molecule has 0 saturated heterocycles. The number of hydrogen-bond donors (Lipinski definition) is 4. The highest BCUT2D eigenvalue weighted by molar-refractivity contribution is 5.73. The van der Waals surface area contributed by atoms with Crippen molar-refractivity contribution in [3.8, 4) is 0 Å². The number of carbonyl (C=O) groups excluding carboxylic acids is 1. The minimum atomic E-state index is -1.68. The van der Waals surface area contributed by atoms with Crippen molar-refractivity contribution in [1.82, 2.24) is 0 Å². The van der Waals surface area contributed by atoms with Gasteiger partial charge in [-0.25, -0.2) is 0 Å². The summed E-state index contributed by atoms with van der Waals surface area (Å²) in [5.74, 6) is -1.62. The summed E-state index contributed by atoms with van der Waals surface area (Å²) in [7, 11) is 0. The summed E-state index contributed by atoms with van der Waals surface area (Å²) in [4.78, 5) is 23.1. The second-order valence-corrected chi connectivity index (χ2v) is 11.2. The molecule has 0 radical (unpaired) electrons. The van der Waals surface area contributed by atoms with E-state index in [4.69, 9.17) is 9.84 Å². The maximum absolute atomic E-state index is 12.2. The van der Waals surface area contributed by atoms with E-state index in [1.54, 1.807) is 6.08 Å². The number of hydrogen-bond acceptors (Lipinski definition) is 6. The quantitative estimate of drug-likeness (QED) is 0.333. The monoisotopic (exact) mass is 466 g/mol. The fourth-order valence-corrected chi connectivity index (χ4v) is 5.59. The molecule has 1 saturated carbocycles. The number of rotatable bonds is 7. The van der Waals surface area contributed by atoms with Gasteiger partial charge in [-0.05, 0) is 83.6 Å². The third kappa shape index (κ3) is 7.66. The van der Waals surface area contributed by atoms with E-state index in [-0.39, 0.29) is 18.4 Å². The molecule has 188 valence electrons. The topological polar surface area (TPSA) is 124 Å². The molecule has 0 aromatic rings. The van der Waals surface area contributed by atoms with E-state index < -0.39 is 47.5 Å². The molecule has 0 heterocycles. The first-order valence-corrected chi connectivity index (χ1v) is 12.0. The smallest absolute Gasteiger partial charge is 0.309 e. The summed E-state index contributed by atoms with van der Waals surface area (Å²) >= 11 is 0. The molecule has 2 aliphatic rings. The normalized spacial score (nSPS) is 30.8. The molecular weight excluding hydrogens is 424 g/mol. The number of fused-ring (bicyclic) bond motifs is 1. The van der Waals surface area contributed by atoms with Crippen LogP contribution in [-0.2, 0) is 14.3 Å². The zero-order chi connectivity index (χ0) is 25.0. The standard InChI is InChI=1S/C26H42O7/c1-17-7-6-8-18(16-33-23(30)15-25(4,32)14-22(28)29)13-21(27)26(5)12-11-19(24(2,3)31)20(26)10-9-17/h7,13,19-21,27,31-32H,6,8-12,14-16H2,1-5H3,(H,28,29). The summed E-state index contributed by atoms with van der Waals surface area (Å²) in [6.07, 6.45) is 7.14. The van der Waals surface area contributed by atoms with Gasteiger partial charge in [-0.2, -0.15) is 0 Å². The van der Waals surface area contributed by atoms with Gasteiger partial charge in [-0.3, -0.25) is 9.59 Å². The fraction of sp³-hybridized carbons (Fsp3) is 0.769. The van der Waals surface area contributed by atoms with E-state index >= 15 is 0 Å². The molecule has 0 bridgehead atoms. The molecule has 0 aliphatic heterocycles. The zero-order valence-corrected chi connectivity index (χ0v) is 20.8. The maximum atomic E-state index is 12.2. The first-order valence-electron chi connectivity index (χ1n) is 12.0. The van der Waals surface area contributed by atoms with Crippen LogP contribution in [0.25, 0.3) is 0 Å². The van der Waals surface area contributed by atoms with E-state index in [0.29, 0.717) is 6.42 Å². The molecule has 4 N–H and O–H groups in total. The van der Waals surface area contributed by atoms with Gasteiger partial charge in [0.2, 0.25) is 0 Å². The molecule has 2 aliphatic carbocycles. The third-order valence-electron chi connectivity index (χ3n) is 7.59. The number of allylic oxidation sites excluding steroid dienone is 2. The minimum Gasteiger partial charge on any atom is -0.481 e. The SMILES string of the molecule is CC1=CCCC(COC(=O)CC(C)(O)CC(=O)O)=CC(O)C2(C)CCC(C(C)(C)O)C2CC1. The van der Waals surface area contributed by atoms with Gasteiger partial charge >= 0.3 is 11.9 Å². The van der Waals surface area contributed by atoms with Crippen LogP contribution in [-0.4, -0.2) is 56.3 Å². The van der Waals surface area contributed by atoms with Crippen molar-refractivity contribution in [2.75, 3.05) is 6.61 Å². The molecule has 7 heteroatoms. The van der Waals surface area contributed by atoms with Crippen molar-refractivity contribution < 1.29 is 34.8 Å². The zero-order valence-electron chi connectivity index (χ0n) is 20.8. The lowest BCUT2D eigenvalue weighted by Crippen LogP contribution is -2.42. The Labute approximate surface area is 197 Å². The summed E-state index contributed by atoms with van der Waals surface area (Å²) in [6, 6.07) is 0. The van der Waals surface area contributed by atoms with Crippen LogP contribution in [0.4, 0.5) is 0 Å². The summed E-state index contributed by atoms with van der Waals surface area (Å²) in [5.41, 5.74) is -0.825. The lowest BCUT2D eigenvalue weighted by Gasteiger charge is -2.40. The highest BCUT2D eigenvalue weighted by Crippen LogP contribution is 2.55. The minimum absolute atomic E-state index is 0.0123. The van der Waals surface area contributed by atoms with Crippen molar-refractivity contribution in [3.05, 3.63) is 23.3 Å². The van der Waals surface area contributed by atoms with E-state index in [1.807, 2.05) is 13.8 Å². The number of esters is 1. The number of aliphatic hydroxyl groups is 3. The predicted octanol–water partition coefficient (Wildman–Crippen LogP) is 3.76. The van der Waals surface area contributed by atoms with Crippen molar-refractivity contribution >= 4 is 11.9 Å². The number of aliphatic carboxylic acids is 1. The van der Waals surface area contributed by atoms with Crippen LogP contribution in [0, 0.1) is 17.3 Å². The van der Waals surface area contributed by atoms with E-state index in [1.165, 1.54) is 12.5 Å². The van der Waals surface area contributed by atoms with Gasteiger partial charge in [-0.1, -0.05) is 24.6 Å². The first kappa shape index (κ1) is 27.5. The summed E-state index contributed by atoms with van der Waals surface area (Å²) < 4.78 is 5.36.